The van der Waals surface area contributed by atoms with Crippen LogP contribution < -0.4 is 48.2 Å². The van der Waals surface area contributed by atoms with E-state index >= 15 is 0 Å². The lowest BCUT2D eigenvalue weighted by molar-refractivity contribution is 0.159. The molecule has 4 saturated heterocycles. The molecule has 0 saturated carbocycles. The Morgan fingerprint density at radius 1 is 0.457 bits per heavy atom. The second-order valence-corrected chi connectivity index (χ2v) is 40.7. The third-order valence-corrected chi connectivity index (χ3v) is 29.3. The number of carbonyl (C=O) groups excluding carboxylic acids is 1. The Bertz CT molecular complexity index is 6280. The molecule has 3 spiro atoms. The lowest BCUT2D eigenvalue weighted by Gasteiger charge is -2.39. The number of nitrogens with one attached hydrogen (secondary N) is 3. The zero-order valence-electron chi connectivity index (χ0n) is 79.7. The van der Waals surface area contributed by atoms with Crippen LogP contribution in [0.1, 0.15) is 102 Å². The topological polar surface area (TPSA) is 325 Å². The van der Waals surface area contributed by atoms with E-state index in [1.54, 1.807) is 108 Å². The Balaban J connectivity index is 0.000000140. The number of para-hydroxylation sites is 1. The SMILES string of the molecule is COc1ccc(CN(CCCl)CCCl)cc1.COc1ccc(CN2CCC(C#N)(c3ncccc3Cl)CC2)cc1.COc1ccc(CN2CCC3(CC2)CN(S(C)(=O)=O)c2cccnc23)cc1.COc1ccc(CN2CCC3(CC2)CNc2cccnc23)cc1.CS(=O)(=O)N1CC2(CCNCC2)c2ncccc21.N#CCc1ncccc1Cl.O=C(Nc1cnc(-c2ccccc2)cn1)Oc1ccccc1. The Kier molecular flexibility index (Phi) is 38.2. The van der Waals surface area contributed by atoms with Crippen molar-refractivity contribution in [2.45, 2.75) is 106 Å². The summed E-state index contributed by atoms with van der Waals surface area (Å²) in [5.74, 6) is 5.60. The van der Waals surface area contributed by atoms with Crippen molar-refractivity contribution < 1.29 is 45.3 Å². The number of carbonyl (C=O) groups is 1. The molecule has 13 heterocycles. The number of rotatable bonds is 23. The number of hydrogen-bond donors (Lipinski definition) is 3. The number of nitrogens with zero attached hydrogens (tertiary/aromatic N) is 15. The number of halogens is 4. The fourth-order valence-corrected chi connectivity index (χ4v) is 21.3. The standard InChI is InChI=1S/C20H25N3O3S.C19H20ClN3O.C19H23N3O.C17H13N3O2.C12H17Cl2NO.C12H17N3O2S.C7H5ClN2/c1-26-17-7-5-16(6-8-17)14-22-12-9-20(10-13-22)15-23(27(2,24)25)18-4-3-11-21-19(18)20;1-24-16-6-4-15(5-7-16)13-23-11-8-19(14-21,9-12-23)18-17(20)3-2-10-22-18;1-23-16-6-4-15(5-7-16)13-22-11-8-19(9-12-22)14-21-17-3-2-10-20-18(17)19;21-17(22-14-9-5-2-6-10-14)20-16-12-18-15(11-19-16)13-7-3-1-4-8-13;1-16-12-4-2-11(3-5-12)10-15(8-6-13)9-7-14;1-18(16,17)15-9-12(4-7-13-8-5-12)11-10(15)3-2-6-14-11;8-6-2-1-5-10-7(6)3-4-9/h3-8,11H,9-10,12-15H2,1-2H3;2-7,10H,8-9,11-13H2,1H3;2-7,10,21H,8-9,11-14H2,1H3;1-12H,(H,19,20,21);2-5H,6-10H2,1H3;2-3,6,13H,4-5,7-9H2,1H3;1-2,5H,3H2. The van der Waals surface area contributed by atoms with Gasteiger partial charge in [0.2, 0.25) is 20.0 Å². The maximum absolute atomic E-state index is 12.3. The van der Waals surface area contributed by atoms with Crippen LogP contribution in [0, 0.1) is 22.7 Å². The number of alkyl halides is 2. The summed E-state index contributed by atoms with van der Waals surface area (Å²) < 4.78 is 77.2. The normalized spacial score (nSPS) is 16.1. The molecule has 6 aromatic heterocycles. The molecule has 19 rings (SSSR count). The summed E-state index contributed by atoms with van der Waals surface area (Å²) in [7, 11) is 0.211. The Morgan fingerprint density at radius 2 is 0.879 bits per heavy atom. The lowest BCUT2D eigenvalue weighted by Crippen LogP contribution is -2.45. The number of ether oxygens (including phenoxy) is 5. The minimum absolute atomic E-state index is 0.0923. The highest BCUT2D eigenvalue weighted by Crippen LogP contribution is 2.49. The van der Waals surface area contributed by atoms with Crippen molar-refractivity contribution >= 4 is 95.4 Å². The van der Waals surface area contributed by atoms with Crippen molar-refractivity contribution in [3.8, 4) is 52.1 Å². The third-order valence-electron chi connectivity index (χ3n) is 26.1. The average molecular weight is 2010 g/mol. The highest BCUT2D eigenvalue weighted by Gasteiger charge is 2.50. The van der Waals surface area contributed by atoms with E-state index in [0.717, 1.165) is 199 Å². The summed E-state index contributed by atoms with van der Waals surface area (Å²) in [5.41, 5.74) is 13.5. The van der Waals surface area contributed by atoms with Gasteiger partial charge in [-0.3, -0.25) is 63.4 Å². The van der Waals surface area contributed by atoms with Crippen LogP contribution in [-0.2, 0) is 74.3 Å². The van der Waals surface area contributed by atoms with E-state index in [1.165, 1.54) is 73.8 Å². The average Bonchev–Trinajstić information content (AvgIpc) is 1.59. The molecule has 0 aliphatic carbocycles. The molecule has 4 fully saturated rings. The van der Waals surface area contributed by atoms with Crippen LogP contribution in [-0.4, -0.2) is 215 Å². The summed E-state index contributed by atoms with van der Waals surface area (Å²) in [5, 5.41) is 28.6. The minimum Gasteiger partial charge on any atom is -0.497 e. The van der Waals surface area contributed by atoms with Gasteiger partial charge in [-0.2, -0.15) is 10.5 Å². The predicted octanol–water partition coefficient (Wildman–Crippen LogP) is 18.3. The molecule has 7 aliphatic rings. The molecule has 6 aromatic carbocycles. The molecule has 34 heteroatoms. The quantitative estimate of drug-likeness (QED) is 0.0501. The van der Waals surface area contributed by atoms with E-state index in [-0.39, 0.29) is 22.7 Å². The summed E-state index contributed by atoms with van der Waals surface area (Å²) in [4.78, 5) is 51.8. The summed E-state index contributed by atoms with van der Waals surface area (Å²) in [6.07, 6.45) is 21.7. The van der Waals surface area contributed by atoms with Gasteiger partial charge in [0.25, 0.3) is 0 Å². The van der Waals surface area contributed by atoms with Crippen molar-refractivity contribution in [1.29, 1.82) is 10.5 Å². The van der Waals surface area contributed by atoms with E-state index in [9.17, 15) is 26.9 Å². The molecular formula is C106H120Cl4N18O10S2. The second-order valence-electron chi connectivity index (χ2n) is 35.3. The number of methoxy groups -OCH3 is 4. The number of fused-ring (bicyclic) bond motifs is 6. The van der Waals surface area contributed by atoms with Crippen molar-refractivity contribution in [3.05, 3.63) is 323 Å². The van der Waals surface area contributed by atoms with E-state index in [2.05, 4.69) is 131 Å². The molecule has 12 aromatic rings. The number of sulfonamides is 2. The number of nitriles is 2. The molecule has 28 nitrogen and oxygen atoms in total. The van der Waals surface area contributed by atoms with E-state index in [1.807, 2.05) is 128 Å². The molecule has 734 valence electrons. The van der Waals surface area contributed by atoms with Gasteiger partial charge in [-0.1, -0.05) is 120 Å². The maximum Gasteiger partial charge on any atom is 0.418 e. The highest BCUT2D eigenvalue weighted by molar-refractivity contribution is 7.92. The zero-order valence-corrected chi connectivity index (χ0v) is 84.4. The van der Waals surface area contributed by atoms with Crippen molar-refractivity contribution in [2.75, 3.05) is 157 Å². The van der Waals surface area contributed by atoms with Gasteiger partial charge in [0.05, 0.1) is 133 Å². The number of likely N-dealkylation sites (tertiary alicyclic amines) is 3. The second kappa shape index (κ2) is 50.8. The third kappa shape index (κ3) is 28.4. The monoisotopic (exact) mass is 2010 g/mol. The van der Waals surface area contributed by atoms with Gasteiger partial charge in [-0.25, -0.2) is 26.6 Å². The van der Waals surface area contributed by atoms with Gasteiger partial charge in [-0.15, -0.1) is 23.2 Å². The molecule has 140 heavy (non-hydrogen) atoms. The van der Waals surface area contributed by atoms with E-state index in [4.69, 9.17) is 75.3 Å². The number of aromatic nitrogens is 7. The Labute approximate surface area is 842 Å². The van der Waals surface area contributed by atoms with E-state index < -0.39 is 31.6 Å². The van der Waals surface area contributed by atoms with Crippen LogP contribution in [0.2, 0.25) is 10.0 Å². The molecule has 3 N–H and O–H groups in total. The summed E-state index contributed by atoms with van der Waals surface area (Å²) in [6, 6.07) is 74.3. The smallest absolute Gasteiger partial charge is 0.418 e. The van der Waals surface area contributed by atoms with Crippen LogP contribution in [0.3, 0.4) is 0 Å². The van der Waals surface area contributed by atoms with Gasteiger partial charge in [0.15, 0.2) is 5.82 Å². The molecule has 0 bridgehead atoms. The number of anilines is 4. The first-order chi connectivity index (χ1) is 67.8. The number of pyridine rings is 5. The predicted molar refractivity (Wildman–Crippen MR) is 554 cm³/mol. The van der Waals surface area contributed by atoms with Crippen molar-refractivity contribution in [1.82, 2.24) is 59.8 Å². The Hall–Kier alpha value is -12.1. The molecular weight excluding hydrogens is 1890 g/mol. The number of amides is 1. The van der Waals surface area contributed by atoms with Gasteiger partial charge in [-0.05, 0) is 234 Å². The fourth-order valence-electron chi connectivity index (χ4n) is 18.4. The number of hydrogen-bond acceptors (Lipinski definition) is 25. The summed E-state index contributed by atoms with van der Waals surface area (Å²) in [6.45, 7) is 15.1. The molecule has 7 aliphatic heterocycles. The van der Waals surface area contributed by atoms with Gasteiger partial charge in [0, 0.05) is 137 Å². The zero-order chi connectivity index (χ0) is 99.0. The van der Waals surface area contributed by atoms with Crippen LogP contribution in [0.4, 0.5) is 27.7 Å². The number of piperidine rings is 4. The first-order valence-electron chi connectivity index (χ1n) is 46.5. The molecule has 1 amide bonds. The minimum atomic E-state index is -3.29. The number of benzene rings is 6. The van der Waals surface area contributed by atoms with Gasteiger partial charge < -0.3 is 34.3 Å². The molecule has 0 atom stereocenters. The largest absolute Gasteiger partial charge is 0.497 e. The summed E-state index contributed by atoms with van der Waals surface area (Å²) >= 11 is 23.5. The van der Waals surface area contributed by atoms with Crippen molar-refractivity contribution in [3.63, 3.8) is 0 Å². The van der Waals surface area contributed by atoms with Crippen molar-refractivity contribution in [2.24, 2.45) is 0 Å². The van der Waals surface area contributed by atoms with Crippen LogP contribution in [0.15, 0.2) is 262 Å². The maximum atomic E-state index is 12.3. The van der Waals surface area contributed by atoms with Crippen LogP contribution in [0.5, 0.6) is 28.7 Å². The van der Waals surface area contributed by atoms with Gasteiger partial charge in [0.1, 0.15) is 34.2 Å². The first-order valence-corrected chi connectivity index (χ1v) is 52.1. The Morgan fingerprint density at radius 3 is 1.31 bits per heavy atom. The van der Waals surface area contributed by atoms with Crippen LogP contribution >= 0.6 is 46.4 Å². The van der Waals surface area contributed by atoms with Crippen LogP contribution in [0.25, 0.3) is 11.3 Å². The van der Waals surface area contributed by atoms with E-state index in [0.29, 0.717) is 52.2 Å². The van der Waals surface area contributed by atoms with Gasteiger partial charge >= 0.3 is 6.09 Å². The highest BCUT2D eigenvalue weighted by atomic mass is 35.5. The lowest BCUT2D eigenvalue weighted by atomic mass is 9.76. The first kappa shape index (κ1) is 105. The molecule has 0 radical (unpaired) electrons. The molecule has 0 unspecified atom stereocenters. The fraction of sp³-hybridized carbons (Fsp3) is 0.358.